The number of nitrogens with one attached hydrogen (secondary N) is 1. The summed E-state index contributed by atoms with van der Waals surface area (Å²) in [5.41, 5.74) is 1.52. The summed E-state index contributed by atoms with van der Waals surface area (Å²) >= 11 is 1.65. The fourth-order valence-electron chi connectivity index (χ4n) is 1.72. The van der Waals surface area contributed by atoms with Crippen LogP contribution >= 0.6 is 11.8 Å². The number of amidine groups is 1. The number of esters is 1. The number of thioether (sulfide) groups is 1. The van der Waals surface area contributed by atoms with Crippen LogP contribution in [0, 0.1) is 0 Å². The molecule has 0 aliphatic carbocycles. The maximum atomic E-state index is 11.8. The van der Waals surface area contributed by atoms with Gasteiger partial charge < -0.3 is 10.1 Å². The monoisotopic (exact) mass is 256 g/mol. The lowest BCUT2D eigenvalue weighted by molar-refractivity contribution is -0.138. The number of allylic oxidation sites excluding steroid dienone is 1. The summed E-state index contributed by atoms with van der Waals surface area (Å²) in [6.45, 7) is 8.22. The summed E-state index contributed by atoms with van der Waals surface area (Å²) in [6.07, 6.45) is 0.806. The van der Waals surface area contributed by atoms with E-state index in [1.54, 1.807) is 11.8 Å². The van der Waals surface area contributed by atoms with E-state index in [2.05, 4.69) is 17.2 Å². The summed E-state index contributed by atoms with van der Waals surface area (Å²) in [5.74, 6) is 0.707. The number of ether oxygens (including phenoxy) is 1. The molecule has 0 spiro atoms. The van der Waals surface area contributed by atoms with Crippen LogP contribution in [-0.4, -0.2) is 29.5 Å². The molecule has 1 unspecified atom stereocenters. The molecule has 0 fully saturated rings. The SMILES string of the molecule is CCOC(=O)C1=C(C)NC(SCC)=NC1CC. The van der Waals surface area contributed by atoms with Crippen LogP contribution in [0.4, 0.5) is 0 Å². The van der Waals surface area contributed by atoms with Crippen molar-refractivity contribution in [2.24, 2.45) is 4.99 Å². The van der Waals surface area contributed by atoms with Crippen LogP contribution in [-0.2, 0) is 9.53 Å². The van der Waals surface area contributed by atoms with Gasteiger partial charge in [0.05, 0.1) is 18.2 Å². The molecule has 1 atom stereocenters. The van der Waals surface area contributed by atoms with E-state index in [0.29, 0.717) is 12.2 Å². The number of hydrogen-bond donors (Lipinski definition) is 1. The van der Waals surface area contributed by atoms with Crippen molar-refractivity contribution in [3.8, 4) is 0 Å². The lowest BCUT2D eigenvalue weighted by atomic mass is 10.0. The van der Waals surface area contributed by atoms with Crippen LogP contribution in [0.2, 0.25) is 0 Å². The number of aliphatic imine (C=N–C) groups is 1. The second-order valence-electron chi connectivity index (χ2n) is 3.68. The Kier molecular flexibility index (Phi) is 5.55. The zero-order valence-corrected chi connectivity index (χ0v) is 11.7. The molecule has 4 nitrogen and oxygen atoms in total. The zero-order chi connectivity index (χ0) is 12.8. The van der Waals surface area contributed by atoms with Crippen molar-refractivity contribution >= 4 is 22.9 Å². The molecular formula is C12H20N2O2S. The number of carbonyl (C=O) groups excluding carboxylic acids is 1. The van der Waals surface area contributed by atoms with Crippen LogP contribution in [0.15, 0.2) is 16.3 Å². The largest absolute Gasteiger partial charge is 0.463 e. The average Bonchev–Trinajstić information content (AvgIpc) is 2.28. The van der Waals surface area contributed by atoms with Crippen LogP contribution in [0.1, 0.15) is 34.1 Å². The Morgan fingerprint density at radius 1 is 1.47 bits per heavy atom. The third kappa shape index (κ3) is 3.49. The van der Waals surface area contributed by atoms with E-state index in [0.717, 1.165) is 23.0 Å². The molecule has 1 rings (SSSR count). The summed E-state index contributed by atoms with van der Waals surface area (Å²) in [6, 6.07) is -0.0793. The highest BCUT2D eigenvalue weighted by Crippen LogP contribution is 2.22. The molecule has 17 heavy (non-hydrogen) atoms. The molecule has 0 saturated carbocycles. The number of rotatable bonds is 4. The fraction of sp³-hybridized carbons (Fsp3) is 0.667. The van der Waals surface area contributed by atoms with E-state index in [1.807, 2.05) is 20.8 Å². The Hall–Kier alpha value is -0.970. The minimum atomic E-state index is -0.256. The molecule has 0 saturated heterocycles. The van der Waals surface area contributed by atoms with Gasteiger partial charge in [0, 0.05) is 5.70 Å². The highest BCUT2D eigenvalue weighted by Gasteiger charge is 2.27. The minimum absolute atomic E-state index is 0.0793. The topological polar surface area (TPSA) is 50.7 Å². The molecule has 1 N–H and O–H groups in total. The van der Waals surface area contributed by atoms with E-state index in [-0.39, 0.29) is 12.0 Å². The van der Waals surface area contributed by atoms with Crippen molar-refractivity contribution in [2.45, 2.75) is 40.2 Å². The van der Waals surface area contributed by atoms with Gasteiger partial charge in [0.15, 0.2) is 5.17 Å². The Morgan fingerprint density at radius 2 is 2.18 bits per heavy atom. The number of nitrogens with zero attached hydrogens (tertiary/aromatic N) is 1. The first-order chi connectivity index (χ1) is 8.13. The van der Waals surface area contributed by atoms with Crippen molar-refractivity contribution in [1.82, 2.24) is 5.32 Å². The zero-order valence-electron chi connectivity index (χ0n) is 10.9. The van der Waals surface area contributed by atoms with Gasteiger partial charge in [-0.05, 0) is 26.0 Å². The standard InChI is InChI=1S/C12H20N2O2S/c1-5-9-10(11(15)16-6-2)8(4)13-12(14-9)17-7-3/h9H,5-7H2,1-4H3,(H,13,14). The first kappa shape index (κ1) is 14.1. The molecule has 5 heteroatoms. The highest BCUT2D eigenvalue weighted by molar-refractivity contribution is 8.13. The molecule has 1 aliphatic heterocycles. The van der Waals surface area contributed by atoms with Crippen molar-refractivity contribution in [3.63, 3.8) is 0 Å². The van der Waals surface area contributed by atoms with E-state index in [9.17, 15) is 4.79 Å². The van der Waals surface area contributed by atoms with Gasteiger partial charge >= 0.3 is 5.97 Å². The Balaban J connectivity index is 2.89. The van der Waals surface area contributed by atoms with E-state index >= 15 is 0 Å². The lowest BCUT2D eigenvalue weighted by Crippen LogP contribution is -2.33. The molecule has 0 radical (unpaired) electrons. The highest BCUT2D eigenvalue weighted by atomic mass is 32.2. The summed E-state index contributed by atoms with van der Waals surface area (Å²) in [4.78, 5) is 16.4. The molecule has 0 amide bonds. The van der Waals surface area contributed by atoms with Gasteiger partial charge in [-0.15, -0.1) is 0 Å². The van der Waals surface area contributed by atoms with Crippen molar-refractivity contribution in [3.05, 3.63) is 11.3 Å². The predicted molar refractivity (Wildman–Crippen MR) is 72.1 cm³/mol. The van der Waals surface area contributed by atoms with Gasteiger partial charge in [0.2, 0.25) is 0 Å². The minimum Gasteiger partial charge on any atom is -0.463 e. The van der Waals surface area contributed by atoms with Crippen LogP contribution in [0.3, 0.4) is 0 Å². The van der Waals surface area contributed by atoms with Gasteiger partial charge in [-0.2, -0.15) is 0 Å². The molecule has 1 aliphatic rings. The second kappa shape index (κ2) is 6.69. The molecule has 0 aromatic rings. The Labute approximate surface area is 107 Å². The predicted octanol–water partition coefficient (Wildman–Crippen LogP) is 2.31. The smallest absolute Gasteiger partial charge is 0.337 e. The van der Waals surface area contributed by atoms with Crippen molar-refractivity contribution in [2.75, 3.05) is 12.4 Å². The normalized spacial score (nSPS) is 19.8. The van der Waals surface area contributed by atoms with Gasteiger partial charge in [0.1, 0.15) is 0 Å². The summed E-state index contributed by atoms with van der Waals surface area (Å²) < 4.78 is 5.07. The third-order valence-corrected chi connectivity index (χ3v) is 3.24. The number of hydrogen-bond acceptors (Lipinski definition) is 5. The molecule has 0 aromatic carbocycles. The first-order valence-electron chi connectivity index (χ1n) is 5.99. The second-order valence-corrected chi connectivity index (χ2v) is 4.93. The third-order valence-electron chi connectivity index (χ3n) is 2.47. The van der Waals surface area contributed by atoms with E-state index in [4.69, 9.17) is 4.74 Å². The van der Waals surface area contributed by atoms with Crippen molar-refractivity contribution in [1.29, 1.82) is 0 Å². The van der Waals surface area contributed by atoms with Gasteiger partial charge in [-0.1, -0.05) is 25.6 Å². The van der Waals surface area contributed by atoms with Gasteiger partial charge in [0.25, 0.3) is 0 Å². The Morgan fingerprint density at radius 3 is 2.71 bits per heavy atom. The lowest BCUT2D eigenvalue weighted by Gasteiger charge is -2.24. The summed E-state index contributed by atoms with van der Waals surface area (Å²) in [5, 5.41) is 4.06. The molecule has 96 valence electrons. The van der Waals surface area contributed by atoms with E-state index in [1.165, 1.54) is 0 Å². The molecule has 0 aromatic heterocycles. The first-order valence-corrected chi connectivity index (χ1v) is 6.98. The number of carbonyl (C=O) groups is 1. The Bertz CT molecular complexity index is 350. The summed E-state index contributed by atoms with van der Waals surface area (Å²) in [7, 11) is 0. The van der Waals surface area contributed by atoms with Crippen LogP contribution in [0.5, 0.6) is 0 Å². The maximum absolute atomic E-state index is 11.8. The maximum Gasteiger partial charge on any atom is 0.337 e. The van der Waals surface area contributed by atoms with E-state index < -0.39 is 0 Å². The van der Waals surface area contributed by atoms with Crippen molar-refractivity contribution < 1.29 is 9.53 Å². The molecule has 1 heterocycles. The average molecular weight is 256 g/mol. The van der Waals surface area contributed by atoms with Gasteiger partial charge in [-0.25, -0.2) is 4.79 Å². The molecular weight excluding hydrogens is 236 g/mol. The van der Waals surface area contributed by atoms with Gasteiger partial charge in [-0.3, -0.25) is 4.99 Å². The van der Waals surface area contributed by atoms with Crippen LogP contribution < -0.4 is 5.32 Å². The molecule has 0 bridgehead atoms. The fourth-order valence-corrected chi connectivity index (χ4v) is 2.42. The van der Waals surface area contributed by atoms with Crippen LogP contribution in [0.25, 0.3) is 0 Å². The quantitative estimate of drug-likeness (QED) is 0.784.